The molecule has 0 aromatic heterocycles. The van der Waals surface area contributed by atoms with Crippen molar-refractivity contribution < 1.29 is 67.6 Å². The van der Waals surface area contributed by atoms with Crippen LogP contribution < -0.4 is 51.4 Å². The summed E-state index contributed by atoms with van der Waals surface area (Å²) in [5, 5.41) is 0.481. The van der Waals surface area contributed by atoms with Crippen molar-refractivity contribution in [2.24, 2.45) is 0 Å². The molecular formula is C7H7KO4SSe. The van der Waals surface area contributed by atoms with Crippen molar-refractivity contribution in [2.45, 2.75) is 5.32 Å². The Hall–Kier alpha value is 1.25. The van der Waals surface area contributed by atoms with Gasteiger partial charge in [0.1, 0.15) is 0 Å². The Bertz CT molecular complexity index is 353. The first-order valence-electron chi connectivity index (χ1n) is 3.39. The van der Waals surface area contributed by atoms with E-state index in [1.807, 2.05) is 30.3 Å². The summed E-state index contributed by atoms with van der Waals surface area (Å²) in [6.07, 6.45) is 0. The van der Waals surface area contributed by atoms with Crippen molar-refractivity contribution in [1.82, 2.24) is 0 Å². The van der Waals surface area contributed by atoms with E-state index in [-0.39, 0.29) is 51.4 Å². The van der Waals surface area contributed by atoms with Gasteiger partial charge in [0.2, 0.25) is 0 Å². The van der Waals surface area contributed by atoms with Crippen molar-refractivity contribution in [3.8, 4) is 0 Å². The molecule has 0 aliphatic heterocycles. The molecule has 0 aliphatic carbocycles. The van der Waals surface area contributed by atoms with E-state index in [0.717, 1.165) is 5.56 Å². The van der Waals surface area contributed by atoms with Crippen molar-refractivity contribution in [3.05, 3.63) is 35.9 Å². The van der Waals surface area contributed by atoms with Gasteiger partial charge in [-0.2, -0.15) is 0 Å². The van der Waals surface area contributed by atoms with Gasteiger partial charge in [-0.25, -0.2) is 0 Å². The second-order valence-electron chi connectivity index (χ2n) is 2.22. The third-order valence-corrected chi connectivity index (χ3v) is 4.06. The molecule has 1 aromatic carbocycles. The molecule has 0 amide bonds. The predicted molar refractivity (Wildman–Crippen MR) is 46.7 cm³/mol. The fourth-order valence-electron chi connectivity index (χ4n) is 0.725. The third-order valence-electron chi connectivity index (χ3n) is 1.20. The summed E-state index contributed by atoms with van der Waals surface area (Å²) in [4.78, 5) is 0. The second kappa shape index (κ2) is 7.51. The Morgan fingerprint density at radius 1 is 1.29 bits per heavy atom. The van der Waals surface area contributed by atoms with E-state index in [0.29, 0.717) is 5.32 Å². The largest absolute Gasteiger partial charge is 1.00 e. The van der Waals surface area contributed by atoms with Crippen LogP contribution in [0.15, 0.2) is 30.3 Å². The average Bonchev–Trinajstić information content (AvgIpc) is 2.04. The first-order valence-corrected chi connectivity index (χ1v) is 6.63. The van der Waals surface area contributed by atoms with Crippen LogP contribution in [0.3, 0.4) is 0 Å². The molecule has 0 bridgehead atoms. The van der Waals surface area contributed by atoms with Crippen LogP contribution >= 0.6 is 0 Å². The second-order valence-corrected chi connectivity index (χ2v) is 5.13. The van der Waals surface area contributed by atoms with Crippen LogP contribution in [0.1, 0.15) is 5.56 Å². The van der Waals surface area contributed by atoms with E-state index >= 15 is 0 Å². The van der Waals surface area contributed by atoms with E-state index in [1.165, 1.54) is 0 Å². The molecule has 72 valence electrons. The molecular weight excluding hydrogens is 298 g/mol. The zero-order chi connectivity index (χ0) is 9.73. The molecule has 0 saturated carbocycles. The van der Waals surface area contributed by atoms with Gasteiger partial charge >= 0.3 is 135 Å². The first-order chi connectivity index (χ1) is 6.08. The van der Waals surface area contributed by atoms with Crippen LogP contribution in [0, 0.1) is 0 Å². The SMILES string of the molecule is O=S(=O)([O-])O[Se]Cc1ccccc1.[K+]. The summed E-state index contributed by atoms with van der Waals surface area (Å²) in [6.45, 7) is 0. The Kier molecular flexibility index (Phi) is 8.18. The van der Waals surface area contributed by atoms with Crippen LogP contribution in [0.4, 0.5) is 0 Å². The van der Waals surface area contributed by atoms with Crippen LogP contribution in [-0.4, -0.2) is 28.3 Å². The monoisotopic (exact) mass is 306 g/mol. The summed E-state index contributed by atoms with van der Waals surface area (Å²) >= 11 is -0.637. The Morgan fingerprint density at radius 3 is 2.36 bits per heavy atom. The van der Waals surface area contributed by atoms with E-state index in [9.17, 15) is 13.0 Å². The zero-order valence-corrected chi connectivity index (χ0v) is 13.2. The fourth-order valence-corrected chi connectivity index (χ4v) is 2.63. The molecule has 0 aliphatic rings. The molecule has 0 saturated heterocycles. The molecule has 4 nitrogen and oxygen atoms in total. The minimum atomic E-state index is -4.52. The van der Waals surface area contributed by atoms with Gasteiger partial charge in [-0.05, 0) is 0 Å². The topological polar surface area (TPSA) is 66.4 Å². The molecule has 0 atom stereocenters. The number of rotatable bonds is 4. The van der Waals surface area contributed by atoms with Gasteiger partial charge in [0.25, 0.3) is 0 Å². The molecule has 1 rings (SSSR count). The van der Waals surface area contributed by atoms with Crippen LogP contribution in [0.2, 0.25) is 0 Å². The van der Waals surface area contributed by atoms with E-state index < -0.39 is 25.7 Å². The van der Waals surface area contributed by atoms with Crippen molar-refractivity contribution >= 4 is 25.7 Å². The van der Waals surface area contributed by atoms with Crippen molar-refractivity contribution in [2.75, 3.05) is 0 Å². The standard InChI is InChI=1S/C7H8O4SSe.K/c8-12(9,10)11-13-6-7-4-2-1-3-5-7;/h1-5H,6H2,(H,8,9,10);/q;+1/p-1. The maximum Gasteiger partial charge on any atom is 1.00 e. The summed E-state index contributed by atoms with van der Waals surface area (Å²) in [5.41, 5.74) is 0.964. The third kappa shape index (κ3) is 7.53. The number of benzene rings is 1. The van der Waals surface area contributed by atoms with E-state index in [4.69, 9.17) is 0 Å². The minimum absolute atomic E-state index is 0. The Balaban J connectivity index is 0.00000169. The number of hydrogen-bond donors (Lipinski definition) is 0. The summed E-state index contributed by atoms with van der Waals surface area (Å²) in [5.74, 6) is 0. The van der Waals surface area contributed by atoms with Gasteiger partial charge in [-0.15, -0.1) is 0 Å². The molecule has 0 unspecified atom stereocenters. The molecule has 0 heterocycles. The number of hydrogen-bond acceptors (Lipinski definition) is 4. The van der Waals surface area contributed by atoms with Crippen LogP contribution in [0.25, 0.3) is 0 Å². The Morgan fingerprint density at radius 2 is 1.86 bits per heavy atom. The van der Waals surface area contributed by atoms with Gasteiger partial charge in [0.15, 0.2) is 0 Å². The maximum absolute atomic E-state index is 10.1. The summed E-state index contributed by atoms with van der Waals surface area (Å²) in [6, 6.07) is 9.25. The molecule has 0 spiro atoms. The van der Waals surface area contributed by atoms with Gasteiger partial charge in [0, 0.05) is 0 Å². The van der Waals surface area contributed by atoms with Gasteiger partial charge in [-0.3, -0.25) is 0 Å². The van der Waals surface area contributed by atoms with E-state index in [1.54, 1.807) is 0 Å². The molecule has 0 N–H and O–H groups in total. The molecule has 1 aromatic rings. The summed E-state index contributed by atoms with van der Waals surface area (Å²) in [7, 11) is -4.52. The Labute approximate surface area is 132 Å². The fraction of sp³-hybridized carbons (Fsp3) is 0.143. The molecule has 0 radical (unpaired) electrons. The minimum Gasteiger partial charge on any atom is 1.00 e. The zero-order valence-electron chi connectivity index (χ0n) is 7.54. The summed E-state index contributed by atoms with van der Waals surface area (Å²) < 4.78 is 34.3. The first kappa shape index (κ1) is 15.2. The molecule has 14 heavy (non-hydrogen) atoms. The van der Waals surface area contributed by atoms with Crippen molar-refractivity contribution in [1.29, 1.82) is 0 Å². The van der Waals surface area contributed by atoms with Gasteiger partial charge in [-0.1, -0.05) is 0 Å². The van der Waals surface area contributed by atoms with Gasteiger partial charge < -0.3 is 0 Å². The van der Waals surface area contributed by atoms with Crippen LogP contribution in [0.5, 0.6) is 0 Å². The maximum atomic E-state index is 10.1. The normalized spacial score (nSPS) is 10.6. The smallest absolute Gasteiger partial charge is 1.00 e. The molecule has 0 fully saturated rings. The predicted octanol–water partition coefficient (Wildman–Crippen LogP) is -2.71. The van der Waals surface area contributed by atoms with E-state index in [2.05, 4.69) is 3.27 Å². The molecule has 7 heteroatoms. The quantitative estimate of drug-likeness (QED) is 0.345. The van der Waals surface area contributed by atoms with Crippen molar-refractivity contribution in [3.63, 3.8) is 0 Å². The average molecular weight is 305 g/mol. The van der Waals surface area contributed by atoms with Crippen LogP contribution in [-0.2, 0) is 19.0 Å². The van der Waals surface area contributed by atoms with Gasteiger partial charge in [0.05, 0.1) is 0 Å².